The molecule has 70 valence electrons. The summed E-state index contributed by atoms with van der Waals surface area (Å²) in [6, 6.07) is 5.15. The second kappa shape index (κ2) is 6.30. The molecule has 0 bridgehead atoms. The van der Waals surface area contributed by atoms with E-state index in [0.29, 0.717) is 12.1 Å². The van der Waals surface area contributed by atoms with E-state index >= 15 is 0 Å². The summed E-state index contributed by atoms with van der Waals surface area (Å²) in [7, 11) is 0. The van der Waals surface area contributed by atoms with Gasteiger partial charge in [0.05, 0.1) is 6.42 Å². The number of hydrogen-bond donors (Lipinski definition) is 1. The Bertz CT molecular complexity index is 277. The number of hydrogen-bond acceptors (Lipinski definition) is 3. The molecule has 1 N–H and O–H groups in total. The molecule has 1 rings (SSSR count). The SMILES string of the molecule is Br.O=CCC(=O)Nc1ccccn1. The number of carbonyl (C=O) groups is 2. The first-order valence-corrected chi connectivity index (χ1v) is 3.47. The van der Waals surface area contributed by atoms with Gasteiger partial charge in [0.2, 0.25) is 5.91 Å². The molecule has 0 aliphatic rings. The summed E-state index contributed by atoms with van der Waals surface area (Å²) in [6.07, 6.45) is 1.99. The number of nitrogens with zero attached hydrogens (tertiary/aromatic N) is 1. The van der Waals surface area contributed by atoms with Crippen LogP contribution in [0.3, 0.4) is 0 Å². The molecule has 0 saturated heterocycles. The number of rotatable bonds is 3. The zero-order valence-electron chi connectivity index (χ0n) is 6.77. The number of aldehydes is 1. The molecule has 0 unspecified atom stereocenters. The second-order valence-corrected chi connectivity index (χ2v) is 2.13. The van der Waals surface area contributed by atoms with Crippen LogP contribution in [0.25, 0.3) is 0 Å². The van der Waals surface area contributed by atoms with Crippen molar-refractivity contribution in [2.75, 3.05) is 5.32 Å². The Balaban J connectivity index is 0.00000144. The van der Waals surface area contributed by atoms with Crippen LogP contribution in [-0.2, 0) is 9.59 Å². The Kier molecular flexibility index (Phi) is 5.71. The molecule has 0 aromatic carbocycles. The maximum atomic E-state index is 10.8. The fraction of sp³-hybridized carbons (Fsp3) is 0.125. The lowest BCUT2D eigenvalue weighted by atomic mass is 10.4. The molecule has 0 fully saturated rings. The molecular formula is C8H9BrN2O2. The standard InChI is InChI=1S/C8H8N2O2.BrH/c11-6-4-8(12)10-7-3-1-2-5-9-7;/h1-3,5-6H,4H2,(H,9,10,12);1H. The van der Waals surface area contributed by atoms with Gasteiger partial charge in [-0.3, -0.25) is 4.79 Å². The van der Waals surface area contributed by atoms with Gasteiger partial charge in [0.15, 0.2) is 0 Å². The van der Waals surface area contributed by atoms with Crippen molar-refractivity contribution in [3.05, 3.63) is 24.4 Å². The van der Waals surface area contributed by atoms with Crippen LogP contribution in [0, 0.1) is 0 Å². The lowest BCUT2D eigenvalue weighted by Crippen LogP contribution is -2.12. The van der Waals surface area contributed by atoms with Crippen molar-refractivity contribution < 1.29 is 9.59 Å². The minimum atomic E-state index is -0.344. The Labute approximate surface area is 86.1 Å². The van der Waals surface area contributed by atoms with Crippen molar-refractivity contribution in [2.24, 2.45) is 0 Å². The van der Waals surface area contributed by atoms with Gasteiger partial charge in [-0.25, -0.2) is 4.98 Å². The lowest BCUT2D eigenvalue weighted by Gasteiger charge is -1.99. The van der Waals surface area contributed by atoms with Crippen molar-refractivity contribution in [3.63, 3.8) is 0 Å². The van der Waals surface area contributed by atoms with Crippen molar-refractivity contribution in [1.82, 2.24) is 4.98 Å². The van der Waals surface area contributed by atoms with E-state index in [1.54, 1.807) is 24.4 Å². The summed E-state index contributed by atoms with van der Waals surface area (Å²) in [5.74, 6) is 0.119. The monoisotopic (exact) mass is 244 g/mol. The quantitative estimate of drug-likeness (QED) is 0.642. The molecule has 1 aromatic rings. The maximum absolute atomic E-state index is 10.8. The minimum Gasteiger partial charge on any atom is -0.310 e. The van der Waals surface area contributed by atoms with Crippen LogP contribution in [0.4, 0.5) is 5.82 Å². The largest absolute Gasteiger partial charge is 0.310 e. The van der Waals surface area contributed by atoms with E-state index in [0.717, 1.165) is 0 Å². The van der Waals surface area contributed by atoms with E-state index in [1.165, 1.54) is 0 Å². The highest BCUT2D eigenvalue weighted by molar-refractivity contribution is 8.93. The number of halogens is 1. The molecule has 1 heterocycles. The van der Waals surface area contributed by atoms with E-state index in [-0.39, 0.29) is 29.3 Å². The molecular weight excluding hydrogens is 236 g/mol. The summed E-state index contributed by atoms with van der Waals surface area (Å²) < 4.78 is 0. The molecule has 5 heteroatoms. The van der Waals surface area contributed by atoms with E-state index in [9.17, 15) is 9.59 Å². The topological polar surface area (TPSA) is 59.1 Å². The Morgan fingerprint density at radius 2 is 2.31 bits per heavy atom. The van der Waals surface area contributed by atoms with Crippen molar-refractivity contribution in [3.8, 4) is 0 Å². The minimum absolute atomic E-state index is 0. The van der Waals surface area contributed by atoms with Gasteiger partial charge in [0.25, 0.3) is 0 Å². The van der Waals surface area contributed by atoms with E-state index in [4.69, 9.17) is 0 Å². The molecule has 0 saturated carbocycles. The van der Waals surface area contributed by atoms with Crippen molar-refractivity contribution >= 4 is 35.0 Å². The first kappa shape index (κ1) is 11.8. The number of anilines is 1. The molecule has 0 atom stereocenters. The van der Waals surface area contributed by atoms with Crippen molar-refractivity contribution in [2.45, 2.75) is 6.42 Å². The fourth-order valence-electron chi connectivity index (χ4n) is 0.706. The van der Waals surface area contributed by atoms with Crippen molar-refractivity contribution in [1.29, 1.82) is 0 Å². The van der Waals surface area contributed by atoms with Crippen LogP contribution in [0.15, 0.2) is 24.4 Å². The van der Waals surface area contributed by atoms with E-state index < -0.39 is 0 Å². The van der Waals surface area contributed by atoms with Crippen LogP contribution < -0.4 is 5.32 Å². The highest BCUT2D eigenvalue weighted by Crippen LogP contribution is 1.99. The average molecular weight is 245 g/mol. The van der Waals surface area contributed by atoms with E-state index in [1.807, 2.05) is 0 Å². The lowest BCUT2D eigenvalue weighted by molar-refractivity contribution is -0.120. The summed E-state index contributed by atoms with van der Waals surface area (Å²) >= 11 is 0. The van der Waals surface area contributed by atoms with Gasteiger partial charge in [-0.15, -0.1) is 17.0 Å². The smallest absolute Gasteiger partial charge is 0.232 e. The first-order chi connectivity index (χ1) is 5.83. The van der Waals surface area contributed by atoms with Gasteiger partial charge < -0.3 is 10.1 Å². The van der Waals surface area contributed by atoms with Gasteiger partial charge in [-0.1, -0.05) is 6.07 Å². The molecule has 0 radical (unpaired) electrons. The van der Waals surface area contributed by atoms with E-state index in [2.05, 4.69) is 10.3 Å². The molecule has 0 spiro atoms. The highest BCUT2D eigenvalue weighted by Gasteiger charge is 1.99. The second-order valence-electron chi connectivity index (χ2n) is 2.13. The Morgan fingerprint density at radius 1 is 1.54 bits per heavy atom. The Hall–Kier alpha value is -1.23. The number of amides is 1. The number of carbonyl (C=O) groups excluding carboxylic acids is 2. The van der Waals surface area contributed by atoms with Crippen LogP contribution >= 0.6 is 17.0 Å². The average Bonchev–Trinajstić information content (AvgIpc) is 2.06. The fourth-order valence-corrected chi connectivity index (χ4v) is 0.706. The summed E-state index contributed by atoms with van der Waals surface area (Å²) in [5, 5.41) is 2.46. The molecule has 0 aliphatic carbocycles. The van der Waals surface area contributed by atoms with Crippen LogP contribution in [-0.4, -0.2) is 17.2 Å². The highest BCUT2D eigenvalue weighted by atomic mass is 79.9. The molecule has 1 aromatic heterocycles. The maximum Gasteiger partial charge on any atom is 0.232 e. The summed E-state index contributed by atoms with van der Waals surface area (Å²) in [6.45, 7) is 0. The summed E-state index contributed by atoms with van der Waals surface area (Å²) in [5.41, 5.74) is 0. The Morgan fingerprint density at radius 3 is 2.85 bits per heavy atom. The predicted molar refractivity (Wildman–Crippen MR) is 53.9 cm³/mol. The molecule has 1 amide bonds. The number of aromatic nitrogens is 1. The van der Waals surface area contributed by atoms with Gasteiger partial charge in [-0.2, -0.15) is 0 Å². The van der Waals surface area contributed by atoms with Crippen LogP contribution in [0.5, 0.6) is 0 Å². The van der Waals surface area contributed by atoms with Gasteiger partial charge in [0, 0.05) is 6.20 Å². The van der Waals surface area contributed by atoms with Gasteiger partial charge >= 0.3 is 0 Å². The summed E-state index contributed by atoms with van der Waals surface area (Å²) in [4.78, 5) is 24.6. The molecule has 0 aliphatic heterocycles. The third-order valence-corrected chi connectivity index (χ3v) is 1.20. The van der Waals surface area contributed by atoms with Gasteiger partial charge in [-0.05, 0) is 12.1 Å². The van der Waals surface area contributed by atoms with Crippen LogP contribution in [0.1, 0.15) is 6.42 Å². The normalized spacial score (nSPS) is 8.31. The van der Waals surface area contributed by atoms with Gasteiger partial charge in [0.1, 0.15) is 12.1 Å². The number of pyridine rings is 1. The molecule has 4 nitrogen and oxygen atoms in total. The molecule has 13 heavy (non-hydrogen) atoms. The third-order valence-electron chi connectivity index (χ3n) is 1.20. The number of nitrogens with one attached hydrogen (secondary N) is 1. The zero-order valence-corrected chi connectivity index (χ0v) is 8.48. The first-order valence-electron chi connectivity index (χ1n) is 3.47. The zero-order chi connectivity index (χ0) is 8.81. The third kappa shape index (κ3) is 4.37. The predicted octanol–water partition coefficient (Wildman–Crippen LogP) is 1.19. The van der Waals surface area contributed by atoms with Crippen LogP contribution in [0.2, 0.25) is 0 Å².